The quantitative estimate of drug-likeness (QED) is 0.0215. The van der Waals surface area contributed by atoms with Crippen molar-refractivity contribution in [1.82, 2.24) is 5.32 Å². The Morgan fingerprint density at radius 1 is 0.486 bits per heavy atom. The highest BCUT2D eigenvalue weighted by molar-refractivity contribution is 5.80. The number of hydrogen-bond donors (Lipinski definition) is 8. The van der Waals surface area contributed by atoms with Gasteiger partial charge in [0, 0.05) is 0 Å². The molecule has 11 nitrogen and oxygen atoms in total. The Hall–Kier alpha value is -1.41. The summed E-state index contributed by atoms with van der Waals surface area (Å²) in [5.41, 5.74) is 0. The monoisotopic (exact) mass is 996 g/mol. The average Bonchev–Trinajstić information content (AvgIpc) is 3.36. The summed E-state index contributed by atoms with van der Waals surface area (Å²) in [6.07, 6.45) is 46.6. The van der Waals surface area contributed by atoms with E-state index in [2.05, 4.69) is 43.5 Å². The Balaban J connectivity index is 2.32. The van der Waals surface area contributed by atoms with Crippen LogP contribution in [-0.2, 0) is 14.3 Å². The third-order valence-corrected chi connectivity index (χ3v) is 14.5. The second kappa shape index (κ2) is 48.5. The van der Waals surface area contributed by atoms with Crippen molar-refractivity contribution in [3.63, 3.8) is 0 Å². The van der Waals surface area contributed by atoms with E-state index in [4.69, 9.17) is 9.47 Å². The standard InChI is InChI=1S/C59H113NO10/c1-3-5-7-9-11-13-15-17-19-21-23-25-26-27-29-31-33-35-37-39-41-43-45-47-52(63)58(68)60-50(49-69-59-57(67)56(66)55(65)53(48-61)70-59)54(64)51(62)46-44-42-40-38-36-34-32-30-28-24-22-20-18-16-14-12-10-8-6-4-2/h27,29,38,40,50-57,59,61-67H,3-26,28,30-37,39,41-49H2,1-2H3,(H,60,68)/b29-27-,40-38+. The summed E-state index contributed by atoms with van der Waals surface area (Å²) >= 11 is 0. The number of carbonyl (C=O) groups excluding carboxylic acids is 1. The first-order chi connectivity index (χ1) is 34.2. The third-order valence-electron chi connectivity index (χ3n) is 14.5. The molecule has 70 heavy (non-hydrogen) atoms. The lowest BCUT2D eigenvalue weighted by atomic mass is 9.98. The molecule has 11 heteroatoms. The second-order valence-electron chi connectivity index (χ2n) is 21.1. The molecule has 9 unspecified atom stereocenters. The summed E-state index contributed by atoms with van der Waals surface area (Å²) in [5, 5.41) is 76.1. The number of aliphatic hydroxyl groups is 7. The lowest BCUT2D eigenvalue weighted by Crippen LogP contribution is -2.60. The van der Waals surface area contributed by atoms with Gasteiger partial charge in [0.15, 0.2) is 6.29 Å². The molecule has 9 atom stereocenters. The van der Waals surface area contributed by atoms with E-state index < -0.39 is 74.2 Å². The molecular weight excluding hydrogens is 883 g/mol. The van der Waals surface area contributed by atoms with Gasteiger partial charge >= 0.3 is 0 Å². The van der Waals surface area contributed by atoms with Crippen LogP contribution < -0.4 is 5.32 Å². The Kier molecular flexibility index (Phi) is 46.2. The van der Waals surface area contributed by atoms with Gasteiger partial charge in [-0.25, -0.2) is 0 Å². The molecule has 1 aliphatic rings. The van der Waals surface area contributed by atoms with Crippen molar-refractivity contribution in [2.45, 2.75) is 332 Å². The van der Waals surface area contributed by atoms with E-state index in [-0.39, 0.29) is 12.8 Å². The van der Waals surface area contributed by atoms with Crippen LogP contribution in [0.1, 0.15) is 277 Å². The number of amides is 1. The molecule has 1 heterocycles. The summed E-state index contributed by atoms with van der Waals surface area (Å²) in [7, 11) is 0. The Morgan fingerprint density at radius 2 is 0.843 bits per heavy atom. The lowest BCUT2D eigenvalue weighted by Gasteiger charge is -2.40. The van der Waals surface area contributed by atoms with Crippen molar-refractivity contribution in [2.24, 2.45) is 0 Å². The van der Waals surface area contributed by atoms with E-state index in [1.807, 2.05) is 0 Å². The van der Waals surface area contributed by atoms with Gasteiger partial charge in [-0.2, -0.15) is 0 Å². The highest BCUT2D eigenvalue weighted by Crippen LogP contribution is 2.23. The van der Waals surface area contributed by atoms with Gasteiger partial charge < -0.3 is 50.5 Å². The van der Waals surface area contributed by atoms with Crippen LogP contribution >= 0.6 is 0 Å². The topological polar surface area (TPSA) is 189 Å². The first-order valence-electron chi connectivity index (χ1n) is 29.7. The number of carbonyl (C=O) groups is 1. The van der Waals surface area contributed by atoms with Crippen molar-refractivity contribution in [2.75, 3.05) is 13.2 Å². The van der Waals surface area contributed by atoms with Gasteiger partial charge in [0.05, 0.1) is 25.4 Å². The maximum absolute atomic E-state index is 13.2. The van der Waals surface area contributed by atoms with Gasteiger partial charge in [0.1, 0.15) is 36.6 Å². The predicted octanol–water partition coefficient (Wildman–Crippen LogP) is 12.5. The van der Waals surface area contributed by atoms with Crippen LogP contribution in [0.15, 0.2) is 24.3 Å². The lowest BCUT2D eigenvalue weighted by molar-refractivity contribution is -0.303. The molecule has 1 amide bonds. The molecule has 1 fully saturated rings. The SMILES string of the molecule is CCCCCCCCCCCCCC/C=C\CCCCCCCCCC(O)C(=O)NC(COC1OC(CO)C(O)C(O)C1O)C(O)C(O)CCC/C=C/CCCCCCCCCCCCCCCCC. The van der Waals surface area contributed by atoms with E-state index in [1.165, 1.54) is 193 Å². The number of rotatable bonds is 51. The fourth-order valence-electron chi connectivity index (χ4n) is 9.61. The van der Waals surface area contributed by atoms with Crippen LogP contribution in [0, 0.1) is 0 Å². The highest BCUT2D eigenvalue weighted by atomic mass is 16.7. The molecule has 1 rings (SSSR count). The van der Waals surface area contributed by atoms with Crippen LogP contribution in [0.4, 0.5) is 0 Å². The molecule has 1 aliphatic heterocycles. The van der Waals surface area contributed by atoms with E-state index in [0.717, 1.165) is 44.9 Å². The number of unbranched alkanes of at least 4 members (excludes halogenated alkanes) is 35. The normalized spacial score (nSPS) is 20.4. The molecule has 0 bridgehead atoms. The maximum atomic E-state index is 13.2. The summed E-state index contributed by atoms with van der Waals surface area (Å²) < 4.78 is 11.1. The zero-order chi connectivity index (χ0) is 51.1. The fraction of sp³-hybridized carbons (Fsp3) is 0.915. The predicted molar refractivity (Wildman–Crippen MR) is 289 cm³/mol. The van der Waals surface area contributed by atoms with Crippen molar-refractivity contribution < 1.29 is 50.0 Å². The molecule has 0 aliphatic carbocycles. The molecule has 0 spiro atoms. The minimum Gasteiger partial charge on any atom is -0.394 e. The molecule has 1 saturated heterocycles. The van der Waals surface area contributed by atoms with Crippen molar-refractivity contribution in [3.8, 4) is 0 Å². The Morgan fingerprint density at radius 3 is 1.23 bits per heavy atom. The van der Waals surface area contributed by atoms with Gasteiger partial charge in [0.2, 0.25) is 5.91 Å². The van der Waals surface area contributed by atoms with Crippen molar-refractivity contribution in [1.29, 1.82) is 0 Å². The van der Waals surface area contributed by atoms with Gasteiger partial charge in [-0.1, -0.05) is 237 Å². The highest BCUT2D eigenvalue weighted by Gasteiger charge is 2.44. The van der Waals surface area contributed by atoms with Gasteiger partial charge in [-0.3, -0.25) is 4.79 Å². The fourth-order valence-corrected chi connectivity index (χ4v) is 9.61. The molecule has 0 aromatic rings. The van der Waals surface area contributed by atoms with Crippen molar-refractivity contribution >= 4 is 5.91 Å². The molecule has 414 valence electrons. The minimum absolute atomic E-state index is 0.250. The summed E-state index contributed by atoms with van der Waals surface area (Å²) in [6, 6.07) is -1.19. The first kappa shape index (κ1) is 66.6. The summed E-state index contributed by atoms with van der Waals surface area (Å²) in [6.45, 7) is 3.47. The molecule has 0 saturated carbocycles. The summed E-state index contributed by atoms with van der Waals surface area (Å²) in [5.74, 6) is -0.706. The maximum Gasteiger partial charge on any atom is 0.249 e. The zero-order valence-corrected chi connectivity index (χ0v) is 45.3. The molecule has 0 aromatic heterocycles. The van der Waals surface area contributed by atoms with Crippen LogP contribution in [0.2, 0.25) is 0 Å². The molecule has 8 N–H and O–H groups in total. The number of nitrogens with one attached hydrogen (secondary N) is 1. The van der Waals surface area contributed by atoms with Crippen LogP contribution in [0.25, 0.3) is 0 Å². The number of allylic oxidation sites excluding steroid dienone is 4. The molecule has 0 radical (unpaired) electrons. The second-order valence-corrected chi connectivity index (χ2v) is 21.1. The number of ether oxygens (including phenoxy) is 2. The van der Waals surface area contributed by atoms with Crippen LogP contribution in [0.5, 0.6) is 0 Å². The van der Waals surface area contributed by atoms with E-state index in [9.17, 15) is 40.5 Å². The first-order valence-corrected chi connectivity index (χ1v) is 29.7. The van der Waals surface area contributed by atoms with Gasteiger partial charge in [0.25, 0.3) is 0 Å². The number of aliphatic hydroxyl groups excluding tert-OH is 7. The van der Waals surface area contributed by atoms with Crippen molar-refractivity contribution in [3.05, 3.63) is 24.3 Å². The van der Waals surface area contributed by atoms with Gasteiger partial charge in [-0.15, -0.1) is 0 Å². The van der Waals surface area contributed by atoms with E-state index >= 15 is 0 Å². The zero-order valence-electron chi connectivity index (χ0n) is 45.3. The Labute approximate surface area is 429 Å². The molecular formula is C59H113NO10. The average molecular weight is 997 g/mol. The Bertz CT molecular complexity index is 1190. The molecule has 0 aromatic carbocycles. The van der Waals surface area contributed by atoms with Gasteiger partial charge in [-0.05, 0) is 64.2 Å². The van der Waals surface area contributed by atoms with Crippen LogP contribution in [-0.4, -0.2) is 110 Å². The largest absolute Gasteiger partial charge is 0.394 e. The third kappa shape index (κ3) is 36.5. The van der Waals surface area contributed by atoms with Crippen LogP contribution in [0.3, 0.4) is 0 Å². The minimum atomic E-state index is -1.67. The van der Waals surface area contributed by atoms with E-state index in [1.54, 1.807) is 0 Å². The number of hydrogen-bond acceptors (Lipinski definition) is 10. The van der Waals surface area contributed by atoms with E-state index in [0.29, 0.717) is 12.8 Å². The summed E-state index contributed by atoms with van der Waals surface area (Å²) in [4.78, 5) is 13.2. The smallest absolute Gasteiger partial charge is 0.249 e.